The lowest BCUT2D eigenvalue weighted by Gasteiger charge is -2.38. The van der Waals surface area contributed by atoms with Crippen molar-refractivity contribution in [2.45, 2.75) is 33.9 Å². The molecule has 1 aliphatic rings. The van der Waals surface area contributed by atoms with Gasteiger partial charge in [-0.15, -0.1) is 0 Å². The average molecular weight is 401 g/mol. The first kappa shape index (κ1) is 20.0. The van der Waals surface area contributed by atoms with Gasteiger partial charge in [0.1, 0.15) is 11.9 Å². The molecule has 0 fully saturated rings. The topological polar surface area (TPSA) is 41.6 Å². The molecule has 0 saturated carbocycles. The number of nitrogens with zero attached hydrogens (tertiary/aromatic N) is 1. The molecule has 0 radical (unpaired) electrons. The number of carbonyl (C=O) groups excluding carboxylic acids is 1. The van der Waals surface area contributed by atoms with Gasteiger partial charge in [0.05, 0.1) is 12.2 Å². The Hall–Kier alpha value is -3.27. The van der Waals surface area contributed by atoms with Crippen LogP contribution < -0.4 is 15.0 Å². The molecule has 3 aromatic rings. The number of nitrogens with one attached hydrogen (secondary N) is 1. The highest BCUT2D eigenvalue weighted by Gasteiger charge is 2.34. The van der Waals surface area contributed by atoms with Gasteiger partial charge in [0.2, 0.25) is 0 Å². The van der Waals surface area contributed by atoms with Crippen LogP contribution in [0.15, 0.2) is 66.7 Å². The van der Waals surface area contributed by atoms with E-state index in [1.807, 2.05) is 59.5 Å². The molecule has 0 unspecified atom stereocenters. The fourth-order valence-corrected chi connectivity index (χ4v) is 3.64. The lowest BCUT2D eigenvalue weighted by atomic mass is 10.0. The van der Waals surface area contributed by atoms with Crippen molar-refractivity contribution in [1.29, 1.82) is 0 Å². The molecule has 3 aromatic carbocycles. The van der Waals surface area contributed by atoms with Crippen LogP contribution in [0, 0.1) is 19.8 Å². The largest absolute Gasteiger partial charge is 0.493 e. The van der Waals surface area contributed by atoms with Crippen molar-refractivity contribution in [2.24, 2.45) is 5.92 Å². The van der Waals surface area contributed by atoms with Crippen molar-refractivity contribution >= 4 is 17.3 Å². The van der Waals surface area contributed by atoms with Crippen LogP contribution in [-0.2, 0) is 0 Å². The molecule has 1 atom stereocenters. The van der Waals surface area contributed by atoms with E-state index >= 15 is 0 Å². The van der Waals surface area contributed by atoms with Crippen LogP contribution in [0.2, 0.25) is 0 Å². The van der Waals surface area contributed by atoms with E-state index in [9.17, 15) is 4.79 Å². The Morgan fingerprint density at radius 2 is 1.70 bits per heavy atom. The summed E-state index contributed by atoms with van der Waals surface area (Å²) in [5.74, 6) is 1.31. The molecule has 154 valence electrons. The van der Waals surface area contributed by atoms with E-state index in [-0.39, 0.29) is 12.1 Å². The molecule has 0 spiro atoms. The number of ether oxygens (including phenoxy) is 1. The zero-order valence-electron chi connectivity index (χ0n) is 18.0. The Labute approximate surface area is 178 Å². The standard InChI is InChI=1S/C26H28N2O2/c1-17(2)16-30-22-13-10-20(11-14-22)25-27-24-8-6-5-7-23(24)26(29)28(25)21-12-9-18(3)19(4)15-21/h5-15,17,25,27H,16H2,1-4H3/t25-/m0/s1. The summed E-state index contributed by atoms with van der Waals surface area (Å²) in [5, 5.41) is 3.56. The Morgan fingerprint density at radius 1 is 0.967 bits per heavy atom. The highest BCUT2D eigenvalue weighted by atomic mass is 16.5. The van der Waals surface area contributed by atoms with Gasteiger partial charge in [0.15, 0.2) is 0 Å². The van der Waals surface area contributed by atoms with Crippen molar-refractivity contribution in [3.05, 3.63) is 89.0 Å². The van der Waals surface area contributed by atoms with E-state index in [0.717, 1.165) is 28.3 Å². The Bertz CT molecular complexity index is 1060. The first-order chi connectivity index (χ1) is 14.4. The SMILES string of the molecule is Cc1ccc(N2C(=O)c3ccccc3N[C@@H]2c2ccc(OCC(C)C)cc2)cc1C. The molecule has 1 amide bonds. The summed E-state index contributed by atoms with van der Waals surface area (Å²) in [6.45, 7) is 9.10. The number of fused-ring (bicyclic) bond motifs is 1. The van der Waals surface area contributed by atoms with Crippen LogP contribution in [0.25, 0.3) is 0 Å². The monoisotopic (exact) mass is 400 g/mol. The third-order valence-electron chi connectivity index (χ3n) is 5.47. The van der Waals surface area contributed by atoms with E-state index in [0.29, 0.717) is 18.1 Å². The minimum atomic E-state index is -0.298. The quantitative estimate of drug-likeness (QED) is 0.562. The smallest absolute Gasteiger partial charge is 0.262 e. The second-order valence-corrected chi connectivity index (χ2v) is 8.31. The molecule has 4 heteroatoms. The predicted molar refractivity (Wildman–Crippen MR) is 122 cm³/mol. The van der Waals surface area contributed by atoms with Gasteiger partial charge in [-0.3, -0.25) is 9.69 Å². The van der Waals surface area contributed by atoms with Crippen LogP contribution in [0.5, 0.6) is 5.75 Å². The van der Waals surface area contributed by atoms with Crippen molar-refractivity contribution in [1.82, 2.24) is 0 Å². The van der Waals surface area contributed by atoms with E-state index in [1.165, 1.54) is 5.56 Å². The van der Waals surface area contributed by atoms with Gasteiger partial charge < -0.3 is 10.1 Å². The number of rotatable bonds is 5. The first-order valence-electron chi connectivity index (χ1n) is 10.4. The van der Waals surface area contributed by atoms with E-state index in [1.54, 1.807) is 0 Å². The normalized spacial score (nSPS) is 15.7. The molecule has 0 aliphatic carbocycles. The highest BCUT2D eigenvalue weighted by molar-refractivity contribution is 6.12. The van der Waals surface area contributed by atoms with Crippen molar-refractivity contribution in [2.75, 3.05) is 16.8 Å². The number of amides is 1. The summed E-state index contributed by atoms with van der Waals surface area (Å²) in [4.78, 5) is 15.3. The molecule has 1 aliphatic heterocycles. The molecule has 30 heavy (non-hydrogen) atoms. The molecule has 4 rings (SSSR count). The molecule has 0 bridgehead atoms. The van der Waals surface area contributed by atoms with Crippen LogP contribution in [-0.4, -0.2) is 12.5 Å². The fourth-order valence-electron chi connectivity index (χ4n) is 3.64. The zero-order valence-corrected chi connectivity index (χ0v) is 18.0. The number of benzene rings is 3. The summed E-state index contributed by atoms with van der Waals surface area (Å²) >= 11 is 0. The fraction of sp³-hybridized carbons (Fsp3) is 0.269. The van der Waals surface area contributed by atoms with Crippen LogP contribution in [0.3, 0.4) is 0 Å². The molecule has 1 N–H and O–H groups in total. The van der Waals surface area contributed by atoms with Crippen LogP contribution in [0.1, 0.15) is 47.1 Å². The number of hydrogen-bond donors (Lipinski definition) is 1. The van der Waals surface area contributed by atoms with E-state index in [2.05, 4.69) is 45.1 Å². The van der Waals surface area contributed by atoms with Gasteiger partial charge in [0.25, 0.3) is 5.91 Å². The summed E-state index contributed by atoms with van der Waals surface area (Å²) in [7, 11) is 0. The second-order valence-electron chi connectivity index (χ2n) is 8.31. The second kappa shape index (κ2) is 8.23. The van der Waals surface area contributed by atoms with Crippen LogP contribution >= 0.6 is 0 Å². The van der Waals surface area contributed by atoms with Gasteiger partial charge in [0, 0.05) is 11.4 Å². The maximum atomic E-state index is 13.5. The van der Waals surface area contributed by atoms with Crippen molar-refractivity contribution < 1.29 is 9.53 Å². The van der Waals surface area contributed by atoms with Crippen molar-refractivity contribution in [3.63, 3.8) is 0 Å². The minimum Gasteiger partial charge on any atom is -0.493 e. The third kappa shape index (κ3) is 3.90. The first-order valence-corrected chi connectivity index (χ1v) is 10.4. The number of anilines is 2. The number of carbonyl (C=O) groups is 1. The number of aryl methyl sites for hydroxylation is 2. The summed E-state index contributed by atoms with van der Waals surface area (Å²) in [6, 6.07) is 21.9. The average Bonchev–Trinajstić information content (AvgIpc) is 2.75. The van der Waals surface area contributed by atoms with E-state index < -0.39 is 0 Å². The Kier molecular flexibility index (Phi) is 5.49. The van der Waals surface area contributed by atoms with Crippen molar-refractivity contribution in [3.8, 4) is 5.75 Å². The maximum Gasteiger partial charge on any atom is 0.262 e. The zero-order chi connectivity index (χ0) is 21.3. The summed E-state index contributed by atoms with van der Waals surface area (Å²) in [5.41, 5.74) is 5.80. The van der Waals surface area contributed by atoms with Gasteiger partial charge in [-0.25, -0.2) is 0 Å². The molecule has 1 heterocycles. The maximum absolute atomic E-state index is 13.5. The van der Waals surface area contributed by atoms with Gasteiger partial charge >= 0.3 is 0 Å². The van der Waals surface area contributed by atoms with Gasteiger partial charge in [-0.2, -0.15) is 0 Å². The summed E-state index contributed by atoms with van der Waals surface area (Å²) in [6.07, 6.45) is -0.298. The number of para-hydroxylation sites is 1. The summed E-state index contributed by atoms with van der Waals surface area (Å²) < 4.78 is 5.83. The predicted octanol–water partition coefficient (Wildman–Crippen LogP) is 6.11. The molecule has 0 saturated heterocycles. The Morgan fingerprint density at radius 3 is 2.40 bits per heavy atom. The minimum absolute atomic E-state index is 0.00210. The Balaban J connectivity index is 1.73. The van der Waals surface area contributed by atoms with Crippen LogP contribution in [0.4, 0.5) is 11.4 Å². The molecular formula is C26H28N2O2. The molecule has 0 aromatic heterocycles. The highest BCUT2D eigenvalue weighted by Crippen LogP contribution is 2.37. The van der Waals surface area contributed by atoms with Gasteiger partial charge in [-0.05, 0) is 72.9 Å². The van der Waals surface area contributed by atoms with E-state index in [4.69, 9.17) is 4.74 Å². The molecular weight excluding hydrogens is 372 g/mol. The third-order valence-corrected chi connectivity index (χ3v) is 5.47. The lowest BCUT2D eigenvalue weighted by molar-refractivity contribution is 0.0975. The number of hydrogen-bond acceptors (Lipinski definition) is 3. The molecule has 4 nitrogen and oxygen atoms in total. The lowest BCUT2D eigenvalue weighted by Crippen LogP contribution is -2.43. The van der Waals surface area contributed by atoms with Gasteiger partial charge in [-0.1, -0.05) is 44.2 Å².